The molecule has 0 spiro atoms. The van der Waals surface area contributed by atoms with Crippen LogP contribution in [0.15, 0.2) is 47.4 Å². The van der Waals surface area contributed by atoms with Crippen molar-refractivity contribution in [2.24, 2.45) is 5.92 Å². The number of amides is 1. The molecule has 5 heteroatoms. The van der Waals surface area contributed by atoms with Gasteiger partial charge in [-0.3, -0.25) is 4.79 Å². The molecule has 2 nitrogen and oxygen atoms in total. The summed E-state index contributed by atoms with van der Waals surface area (Å²) < 4.78 is 27.7. The van der Waals surface area contributed by atoms with E-state index in [1.54, 1.807) is 30.8 Å². The van der Waals surface area contributed by atoms with Gasteiger partial charge in [-0.2, -0.15) is 0 Å². The normalized spacial score (nSPS) is 15.4. The Morgan fingerprint density at radius 2 is 1.68 bits per heavy atom. The van der Waals surface area contributed by atoms with Crippen LogP contribution < -0.4 is 0 Å². The molecule has 1 fully saturated rings. The zero-order valence-electron chi connectivity index (χ0n) is 14.2. The van der Waals surface area contributed by atoms with E-state index < -0.39 is 11.6 Å². The summed E-state index contributed by atoms with van der Waals surface area (Å²) in [6.45, 7) is 3.30. The first-order valence-electron chi connectivity index (χ1n) is 8.47. The summed E-state index contributed by atoms with van der Waals surface area (Å²) in [5, 5.41) is 0. The number of thioether (sulfide) groups is 1. The van der Waals surface area contributed by atoms with E-state index in [1.807, 2.05) is 17.0 Å². The fraction of sp³-hybridized carbons (Fsp3) is 0.350. The first-order chi connectivity index (χ1) is 12.0. The van der Waals surface area contributed by atoms with Crippen molar-refractivity contribution in [1.29, 1.82) is 0 Å². The average molecular weight is 361 g/mol. The molecule has 2 aromatic rings. The van der Waals surface area contributed by atoms with E-state index in [2.05, 4.69) is 0 Å². The van der Waals surface area contributed by atoms with Crippen molar-refractivity contribution in [3.05, 3.63) is 54.1 Å². The standard InChI is InChI=1S/C20H21F2NOS/c1-14(24)23-11-9-15(10-12-23)13-25-17-7-5-16(6-8-17)20-18(21)3-2-4-19(20)22/h2-8,15H,9-13H2,1H3. The van der Waals surface area contributed by atoms with Gasteiger partial charge in [0, 0.05) is 30.7 Å². The number of nitrogens with zero attached hydrogens (tertiary/aromatic N) is 1. The molecular formula is C20H21F2NOS. The Morgan fingerprint density at radius 1 is 1.08 bits per heavy atom. The highest BCUT2D eigenvalue weighted by atomic mass is 32.2. The highest BCUT2D eigenvalue weighted by molar-refractivity contribution is 7.99. The Hall–Kier alpha value is -1.88. The van der Waals surface area contributed by atoms with Crippen molar-refractivity contribution in [3.63, 3.8) is 0 Å². The van der Waals surface area contributed by atoms with Gasteiger partial charge in [0.15, 0.2) is 0 Å². The number of carbonyl (C=O) groups is 1. The first kappa shape index (κ1) is 17.9. The molecule has 1 aliphatic heterocycles. The molecule has 2 aromatic carbocycles. The van der Waals surface area contributed by atoms with Crippen molar-refractivity contribution in [3.8, 4) is 11.1 Å². The van der Waals surface area contributed by atoms with Crippen molar-refractivity contribution < 1.29 is 13.6 Å². The molecule has 1 heterocycles. The Labute approximate surface area is 151 Å². The van der Waals surface area contributed by atoms with Crippen LogP contribution in [0.3, 0.4) is 0 Å². The molecule has 0 aliphatic carbocycles. The minimum Gasteiger partial charge on any atom is -0.343 e. The van der Waals surface area contributed by atoms with Gasteiger partial charge in [-0.05, 0) is 48.6 Å². The molecule has 25 heavy (non-hydrogen) atoms. The minimum atomic E-state index is -0.544. The van der Waals surface area contributed by atoms with Crippen LogP contribution in [-0.4, -0.2) is 29.6 Å². The molecule has 132 valence electrons. The predicted octanol–water partition coefficient (Wildman–Crippen LogP) is 4.98. The van der Waals surface area contributed by atoms with Gasteiger partial charge in [0.2, 0.25) is 5.91 Å². The second-order valence-corrected chi connectivity index (χ2v) is 7.47. The molecule has 0 saturated carbocycles. The Balaban J connectivity index is 1.58. The van der Waals surface area contributed by atoms with Crippen molar-refractivity contribution in [2.45, 2.75) is 24.7 Å². The summed E-state index contributed by atoms with van der Waals surface area (Å²) >= 11 is 1.76. The number of carbonyl (C=O) groups excluding carboxylic acids is 1. The van der Waals surface area contributed by atoms with Crippen LogP contribution in [0, 0.1) is 17.6 Å². The van der Waals surface area contributed by atoms with E-state index in [-0.39, 0.29) is 11.5 Å². The van der Waals surface area contributed by atoms with Crippen LogP contribution in [0.25, 0.3) is 11.1 Å². The number of hydrogen-bond acceptors (Lipinski definition) is 2. The van der Waals surface area contributed by atoms with Crippen molar-refractivity contribution >= 4 is 17.7 Å². The average Bonchev–Trinajstić information content (AvgIpc) is 2.61. The SMILES string of the molecule is CC(=O)N1CCC(CSc2ccc(-c3c(F)cccc3F)cc2)CC1. The van der Waals surface area contributed by atoms with E-state index >= 15 is 0 Å². The van der Waals surface area contributed by atoms with Gasteiger partial charge in [0.05, 0.1) is 5.56 Å². The van der Waals surface area contributed by atoms with E-state index in [1.165, 1.54) is 18.2 Å². The molecule has 1 aliphatic rings. The van der Waals surface area contributed by atoms with E-state index in [0.29, 0.717) is 11.5 Å². The van der Waals surface area contributed by atoms with Crippen LogP contribution in [0.1, 0.15) is 19.8 Å². The summed E-state index contributed by atoms with van der Waals surface area (Å²) in [6, 6.07) is 11.3. The molecular weight excluding hydrogens is 340 g/mol. The van der Waals surface area contributed by atoms with E-state index in [4.69, 9.17) is 0 Å². The molecule has 0 unspecified atom stereocenters. The third-order valence-corrected chi connectivity index (χ3v) is 5.89. The Bertz CT molecular complexity index is 720. The van der Waals surface area contributed by atoms with Gasteiger partial charge in [0.25, 0.3) is 0 Å². The highest BCUT2D eigenvalue weighted by Crippen LogP contribution is 2.30. The molecule has 0 atom stereocenters. The Morgan fingerprint density at radius 3 is 2.24 bits per heavy atom. The number of rotatable bonds is 4. The number of halogens is 2. The van der Waals surface area contributed by atoms with Crippen molar-refractivity contribution in [1.82, 2.24) is 4.90 Å². The molecule has 0 radical (unpaired) electrons. The van der Waals surface area contributed by atoms with Crippen LogP contribution in [0.5, 0.6) is 0 Å². The molecule has 0 bridgehead atoms. The summed E-state index contributed by atoms with van der Waals surface area (Å²) in [7, 11) is 0. The van der Waals surface area contributed by atoms with Crippen LogP contribution in [0.4, 0.5) is 8.78 Å². The van der Waals surface area contributed by atoms with Gasteiger partial charge < -0.3 is 4.90 Å². The summed E-state index contributed by atoms with van der Waals surface area (Å²) in [6.07, 6.45) is 2.07. The smallest absolute Gasteiger partial charge is 0.219 e. The van der Waals surface area contributed by atoms with E-state index in [9.17, 15) is 13.6 Å². The van der Waals surface area contributed by atoms with Crippen LogP contribution in [-0.2, 0) is 4.79 Å². The lowest BCUT2D eigenvalue weighted by Gasteiger charge is -2.31. The lowest BCUT2D eigenvalue weighted by Crippen LogP contribution is -2.37. The number of hydrogen-bond donors (Lipinski definition) is 0. The third-order valence-electron chi connectivity index (χ3n) is 4.65. The van der Waals surface area contributed by atoms with Gasteiger partial charge >= 0.3 is 0 Å². The summed E-state index contributed by atoms with van der Waals surface area (Å²) in [4.78, 5) is 14.3. The topological polar surface area (TPSA) is 20.3 Å². The largest absolute Gasteiger partial charge is 0.343 e. The number of likely N-dealkylation sites (tertiary alicyclic amines) is 1. The summed E-state index contributed by atoms with van der Waals surface area (Å²) in [5.41, 5.74) is 0.574. The van der Waals surface area contributed by atoms with Crippen LogP contribution >= 0.6 is 11.8 Å². The fourth-order valence-corrected chi connectivity index (χ4v) is 4.21. The molecule has 1 saturated heterocycles. The number of benzene rings is 2. The van der Waals surface area contributed by atoms with E-state index in [0.717, 1.165) is 36.6 Å². The Kier molecular flexibility index (Phi) is 5.74. The zero-order chi connectivity index (χ0) is 17.8. The maximum Gasteiger partial charge on any atom is 0.219 e. The van der Waals surface area contributed by atoms with Crippen molar-refractivity contribution in [2.75, 3.05) is 18.8 Å². The maximum atomic E-state index is 13.8. The minimum absolute atomic E-state index is 0.0238. The van der Waals surface area contributed by atoms with Gasteiger partial charge in [0.1, 0.15) is 11.6 Å². The second kappa shape index (κ2) is 8.00. The highest BCUT2D eigenvalue weighted by Gasteiger charge is 2.20. The second-order valence-electron chi connectivity index (χ2n) is 6.38. The molecule has 3 rings (SSSR count). The molecule has 0 aromatic heterocycles. The van der Waals surface area contributed by atoms with Gasteiger partial charge in [-0.15, -0.1) is 11.8 Å². The first-order valence-corrected chi connectivity index (χ1v) is 9.46. The molecule has 0 N–H and O–H groups in total. The van der Waals surface area contributed by atoms with Gasteiger partial charge in [-0.1, -0.05) is 18.2 Å². The quantitative estimate of drug-likeness (QED) is 0.716. The number of piperidine rings is 1. The van der Waals surface area contributed by atoms with Gasteiger partial charge in [-0.25, -0.2) is 8.78 Å². The zero-order valence-corrected chi connectivity index (χ0v) is 15.0. The lowest BCUT2D eigenvalue weighted by molar-refractivity contribution is -0.130. The monoisotopic (exact) mass is 361 g/mol. The summed E-state index contributed by atoms with van der Waals surface area (Å²) in [5.74, 6) is 0.667. The maximum absolute atomic E-state index is 13.8. The fourth-order valence-electron chi connectivity index (χ4n) is 3.12. The third kappa shape index (κ3) is 4.40. The molecule has 1 amide bonds. The predicted molar refractivity (Wildman–Crippen MR) is 97.5 cm³/mol. The lowest BCUT2D eigenvalue weighted by atomic mass is 9.99. The van der Waals surface area contributed by atoms with Crippen LogP contribution in [0.2, 0.25) is 0 Å².